The molecule has 88 valence electrons. The lowest BCUT2D eigenvalue weighted by atomic mass is 10.1. The number of rotatable bonds is 2. The van der Waals surface area contributed by atoms with Crippen LogP contribution in [-0.2, 0) is 11.8 Å². The Morgan fingerprint density at radius 2 is 2.31 bits per heavy atom. The minimum absolute atomic E-state index is 0.0498. The number of carbonyl (C=O) groups excluding carboxylic acids is 1. The van der Waals surface area contributed by atoms with Crippen LogP contribution in [0.4, 0.5) is 0 Å². The van der Waals surface area contributed by atoms with E-state index in [0.29, 0.717) is 0 Å². The number of aryl methyl sites for hydroxylation is 1. The van der Waals surface area contributed by atoms with Gasteiger partial charge in [0.15, 0.2) is 5.82 Å². The third-order valence-electron chi connectivity index (χ3n) is 3.07. The summed E-state index contributed by atoms with van der Waals surface area (Å²) in [7, 11) is 1.92. The van der Waals surface area contributed by atoms with Crippen molar-refractivity contribution >= 4 is 5.91 Å². The molecule has 0 aromatic carbocycles. The first-order valence-electron chi connectivity index (χ1n) is 5.75. The van der Waals surface area contributed by atoms with Crippen molar-refractivity contribution < 1.29 is 4.79 Å². The Morgan fingerprint density at radius 1 is 1.56 bits per heavy atom. The first-order valence-corrected chi connectivity index (χ1v) is 5.75. The van der Waals surface area contributed by atoms with E-state index in [-0.39, 0.29) is 17.9 Å². The van der Waals surface area contributed by atoms with Crippen LogP contribution in [0.2, 0.25) is 0 Å². The minimum atomic E-state index is 0.0498. The molecule has 0 N–H and O–H groups in total. The molecule has 2 rings (SSSR count). The summed E-state index contributed by atoms with van der Waals surface area (Å²) >= 11 is 0. The van der Waals surface area contributed by atoms with Gasteiger partial charge in [-0.1, -0.05) is 13.8 Å². The third-order valence-corrected chi connectivity index (χ3v) is 3.07. The topological polar surface area (TPSA) is 51.0 Å². The molecule has 0 bridgehead atoms. The minimum Gasteiger partial charge on any atom is -0.332 e. The predicted molar refractivity (Wildman–Crippen MR) is 59.5 cm³/mol. The lowest BCUT2D eigenvalue weighted by Gasteiger charge is -2.25. The van der Waals surface area contributed by atoms with Crippen LogP contribution in [0, 0.1) is 5.92 Å². The average Bonchev–Trinajstić information content (AvgIpc) is 2.84. The second-order valence-electron chi connectivity index (χ2n) is 4.64. The van der Waals surface area contributed by atoms with Crippen molar-refractivity contribution in [2.24, 2.45) is 13.0 Å². The lowest BCUT2D eigenvalue weighted by Crippen LogP contribution is -2.34. The summed E-state index contributed by atoms with van der Waals surface area (Å²) in [6.45, 7) is 4.72. The number of likely N-dealkylation sites (tertiary alicyclic amines) is 1. The zero-order chi connectivity index (χ0) is 11.7. The summed E-state index contributed by atoms with van der Waals surface area (Å²) in [5.41, 5.74) is 0. The molecule has 0 unspecified atom stereocenters. The van der Waals surface area contributed by atoms with Crippen LogP contribution in [0.15, 0.2) is 6.33 Å². The summed E-state index contributed by atoms with van der Waals surface area (Å²) in [6.07, 6.45) is 3.73. The van der Waals surface area contributed by atoms with Gasteiger partial charge in [0.1, 0.15) is 6.33 Å². The molecule has 0 saturated carbocycles. The summed E-state index contributed by atoms with van der Waals surface area (Å²) in [5.74, 6) is 1.16. The molecule has 16 heavy (non-hydrogen) atoms. The molecular weight excluding hydrogens is 204 g/mol. The number of nitrogens with zero attached hydrogens (tertiary/aromatic N) is 4. The highest BCUT2D eigenvalue weighted by Crippen LogP contribution is 2.31. The third kappa shape index (κ3) is 1.81. The largest absolute Gasteiger partial charge is 0.332 e. The van der Waals surface area contributed by atoms with E-state index in [4.69, 9.17) is 0 Å². The van der Waals surface area contributed by atoms with Crippen molar-refractivity contribution in [2.45, 2.75) is 32.7 Å². The van der Waals surface area contributed by atoms with Crippen molar-refractivity contribution in [1.29, 1.82) is 0 Å². The summed E-state index contributed by atoms with van der Waals surface area (Å²) in [5, 5.41) is 7.99. The molecule has 1 atom stereocenters. The Kier molecular flexibility index (Phi) is 2.94. The molecule has 5 heteroatoms. The number of aromatic nitrogens is 3. The fraction of sp³-hybridized carbons (Fsp3) is 0.727. The van der Waals surface area contributed by atoms with Crippen molar-refractivity contribution in [3.8, 4) is 0 Å². The van der Waals surface area contributed by atoms with Gasteiger partial charge in [0, 0.05) is 19.5 Å². The first-order chi connectivity index (χ1) is 7.61. The summed E-state index contributed by atoms with van der Waals surface area (Å²) < 4.78 is 1.90. The molecule has 1 aromatic heterocycles. The van der Waals surface area contributed by atoms with Gasteiger partial charge in [0.05, 0.1) is 6.04 Å². The Labute approximate surface area is 95.5 Å². The van der Waals surface area contributed by atoms with E-state index < -0.39 is 0 Å². The van der Waals surface area contributed by atoms with E-state index in [1.807, 2.05) is 30.4 Å². The zero-order valence-corrected chi connectivity index (χ0v) is 10.1. The molecule has 1 amide bonds. The van der Waals surface area contributed by atoms with E-state index in [9.17, 15) is 4.79 Å². The zero-order valence-electron chi connectivity index (χ0n) is 10.1. The fourth-order valence-corrected chi connectivity index (χ4v) is 2.22. The maximum atomic E-state index is 12.0. The van der Waals surface area contributed by atoms with Gasteiger partial charge in [0.25, 0.3) is 0 Å². The van der Waals surface area contributed by atoms with Gasteiger partial charge in [-0.15, -0.1) is 10.2 Å². The predicted octanol–water partition coefficient (Wildman–Crippen LogP) is 1.13. The molecule has 2 heterocycles. The summed E-state index contributed by atoms with van der Waals surface area (Å²) in [6, 6.07) is 0.113. The van der Waals surface area contributed by atoms with Crippen LogP contribution >= 0.6 is 0 Å². The van der Waals surface area contributed by atoms with Gasteiger partial charge < -0.3 is 9.47 Å². The standard InChI is InChI=1S/C11H18N4O/c1-8(2)11(16)15-6-4-5-9(15)10-13-12-7-14(10)3/h7-9H,4-6H2,1-3H3/t9-/m1/s1. The molecule has 1 aromatic rings. The van der Waals surface area contributed by atoms with Crippen LogP contribution in [0.3, 0.4) is 0 Å². The van der Waals surface area contributed by atoms with E-state index >= 15 is 0 Å². The van der Waals surface area contributed by atoms with Crippen LogP contribution in [-0.4, -0.2) is 32.1 Å². The van der Waals surface area contributed by atoms with Gasteiger partial charge in [-0.25, -0.2) is 0 Å². The molecule has 0 aliphatic carbocycles. The number of hydrogen-bond donors (Lipinski definition) is 0. The van der Waals surface area contributed by atoms with Crippen molar-refractivity contribution in [3.05, 3.63) is 12.2 Å². The SMILES string of the molecule is CC(C)C(=O)N1CCC[C@@H]1c1nncn1C. The quantitative estimate of drug-likeness (QED) is 0.754. The lowest BCUT2D eigenvalue weighted by molar-refractivity contribution is -0.135. The van der Waals surface area contributed by atoms with Gasteiger partial charge in [-0.2, -0.15) is 0 Å². The van der Waals surface area contributed by atoms with E-state index in [1.165, 1.54) is 0 Å². The Bertz CT molecular complexity index is 385. The molecular formula is C11H18N4O. The Hall–Kier alpha value is -1.39. The Morgan fingerprint density at radius 3 is 2.88 bits per heavy atom. The van der Waals surface area contributed by atoms with Gasteiger partial charge in [0.2, 0.25) is 5.91 Å². The van der Waals surface area contributed by atoms with Crippen LogP contribution < -0.4 is 0 Å². The smallest absolute Gasteiger partial charge is 0.225 e. The normalized spacial score (nSPS) is 20.8. The highest BCUT2D eigenvalue weighted by Gasteiger charge is 2.33. The molecule has 0 spiro atoms. The highest BCUT2D eigenvalue weighted by molar-refractivity contribution is 5.78. The molecule has 0 radical (unpaired) electrons. The molecule has 1 saturated heterocycles. The van der Waals surface area contributed by atoms with Gasteiger partial charge in [-0.3, -0.25) is 4.79 Å². The molecule has 1 aliphatic heterocycles. The first kappa shape index (κ1) is 11.1. The maximum absolute atomic E-state index is 12.0. The van der Waals surface area contributed by atoms with Crippen molar-refractivity contribution in [2.75, 3.05) is 6.54 Å². The molecule has 1 fully saturated rings. The molecule has 1 aliphatic rings. The number of amides is 1. The van der Waals surface area contributed by atoms with Crippen molar-refractivity contribution in [1.82, 2.24) is 19.7 Å². The van der Waals surface area contributed by atoms with Crippen LogP contribution in [0.5, 0.6) is 0 Å². The van der Waals surface area contributed by atoms with Crippen LogP contribution in [0.1, 0.15) is 38.6 Å². The number of hydrogen-bond acceptors (Lipinski definition) is 3. The second kappa shape index (κ2) is 4.23. The van der Waals surface area contributed by atoms with Gasteiger partial charge >= 0.3 is 0 Å². The Balaban J connectivity index is 2.22. The van der Waals surface area contributed by atoms with Gasteiger partial charge in [-0.05, 0) is 12.8 Å². The monoisotopic (exact) mass is 222 g/mol. The fourth-order valence-electron chi connectivity index (χ4n) is 2.22. The van der Waals surface area contributed by atoms with Crippen molar-refractivity contribution in [3.63, 3.8) is 0 Å². The van der Waals surface area contributed by atoms with E-state index in [1.54, 1.807) is 6.33 Å². The summed E-state index contributed by atoms with van der Waals surface area (Å²) in [4.78, 5) is 14.0. The maximum Gasteiger partial charge on any atom is 0.225 e. The molecule has 5 nitrogen and oxygen atoms in total. The second-order valence-corrected chi connectivity index (χ2v) is 4.64. The van der Waals surface area contributed by atoms with E-state index in [2.05, 4.69) is 10.2 Å². The van der Waals surface area contributed by atoms with E-state index in [0.717, 1.165) is 25.2 Å². The average molecular weight is 222 g/mol. The van der Waals surface area contributed by atoms with Crippen LogP contribution in [0.25, 0.3) is 0 Å². The highest BCUT2D eigenvalue weighted by atomic mass is 16.2. The number of carbonyl (C=O) groups is 1.